The maximum Gasteiger partial charge on any atom is 0.264 e. The molecule has 150 valence electrons. The van der Waals surface area contributed by atoms with Crippen LogP contribution in [0.15, 0.2) is 17.6 Å². The number of likely N-dealkylation sites (tertiary alicyclic amines) is 1. The van der Waals surface area contributed by atoms with E-state index in [1.165, 1.54) is 28.2 Å². The Labute approximate surface area is 174 Å². The van der Waals surface area contributed by atoms with Gasteiger partial charge in [0.15, 0.2) is 5.13 Å². The maximum atomic E-state index is 13.2. The third kappa shape index (κ3) is 3.87. The van der Waals surface area contributed by atoms with E-state index >= 15 is 0 Å². The van der Waals surface area contributed by atoms with E-state index in [4.69, 9.17) is 0 Å². The number of aryl methyl sites for hydroxylation is 1. The number of amides is 2. The first-order chi connectivity index (χ1) is 13.3. The molecule has 1 N–H and O–H groups in total. The summed E-state index contributed by atoms with van der Waals surface area (Å²) in [5, 5.41) is 5.26. The number of thiazole rings is 1. The van der Waals surface area contributed by atoms with Gasteiger partial charge >= 0.3 is 0 Å². The second-order valence-corrected chi connectivity index (χ2v) is 10.9. The third-order valence-corrected chi connectivity index (χ3v) is 7.91. The summed E-state index contributed by atoms with van der Waals surface area (Å²) in [6.45, 7) is 7.55. The average molecular weight is 418 g/mol. The van der Waals surface area contributed by atoms with Gasteiger partial charge in [-0.2, -0.15) is 0 Å². The Hall–Kier alpha value is -1.73. The molecule has 2 amide bonds. The molecular formula is C21H27N3O2S2. The standard InChI is InChI=1S/C21H27N3O2S2/c1-21(2,3)14-6-7-16-13(11-14)12-17(28-16)19(26)24-9-4-5-15(24)18(25)23-20-22-8-10-27-20/h8,10,12,14-15H,4-7,9,11H2,1-3H3,(H,22,23,25)/t14-,15+/m0/s1. The number of nitrogens with zero attached hydrogens (tertiary/aromatic N) is 2. The highest BCUT2D eigenvalue weighted by molar-refractivity contribution is 7.14. The van der Waals surface area contributed by atoms with Crippen LogP contribution in [0.2, 0.25) is 0 Å². The van der Waals surface area contributed by atoms with Gasteiger partial charge in [0.2, 0.25) is 5.91 Å². The van der Waals surface area contributed by atoms with E-state index < -0.39 is 6.04 Å². The zero-order valence-electron chi connectivity index (χ0n) is 16.7. The second-order valence-electron chi connectivity index (χ2n) is 8.85. The topological polar surface area (TPSA) is 62.3 Å². The van der Waals surface area contributed by atoms with Gasteiger partial charge in [0, 0.05) is 23.0 Å². The van der Waals surface area contributed by atoms with Crippen LogP contribution >= 0.6 is 22.7 Å². The van der Waals surface area contributed by atoms with E-state index in [0.717, 1.165) is 24.1 Å². The van der Waals surface area contributed by atoms with Crippen LogP contribution in [0.25, 0.3) is 0 Å². The van der Waals surface area contributed by atoms with E-state index in [1.807, 2.05) is 5.38 Å². The molecule has 2 aromatic heterocycles. The van der Waals surface area contributed by atoms with Gasteiger partial charge in [0.25, 0.3) is 5.91 Å². The van der Waals surface area contributed by atoms with Gasteiger partial charge < -0.3 is 10.2 Å². The number of carbonyl (C=O) groups is 2. The Balaban J connectivity index is 1.48. The number of fused-ring (bicyclic) bond motifs is 1. The molecule has 4 rings (SSSR count). The van der Waals surface area contributed by atoms with E-state index in [9.17, 15) is 9.59 Å². The highest BCUT2D eigenvalue weighted by Crippen LogP contribution is 2.40. The first-order valence-electron chi connectivity index (χ1n) is 9.96. The number of rotatable bonds is 3. The number of thiophene rings is 1. The summed E-state index contributed by atoms with van der Waals surface area (Å²) in [7, 11) is 0. The Kier molecular flexibility index (Phi) is 5.31. The molecule has 0 unspecified atom stereocenters. The molecule has 28 heavy (non-hydrogen) atoms. The number of anilines is 1. The van der Waals surface area contributed by atoms with Crippen LogP contribution in [0.4, 0.5) is 5.13 Å². The summed E-state index contributed by atoms with van der Waals surface area (Å²) in [5.41, 5.74) is 1.63. The molecule has 1 saturated heterocycles. The SMILES string of the molecule is CC(C)(C)[C@H]1CCc2sc(C(=O)N3CCC[C@@H]3C(=O)Nc3nccs3)cc2C1. The fourth-order valence-corrected chi connectivity index (χ4v) is 5.96. The molecular weight excluding hydrogens is 390 g/mol. The van der Waals surface area contributed by atoms with E-state index in [0.29, 0.717) is 24.0 Å². The van der Waals surface area contributed by atoms with E-state index in [-0.39, 0.29) is 17.2 Å². The highest BCUT2D eigenvalue weighted by atomic mass is 32.1. The summed E-state index contributed by atoms with van der Waals surface area (Å²) in [6, 6.07) is 1.69. The van der Waals surface area contributed by atoms with Gasteiger partial charge in [-0.05, 0) is 55.1 Å². The minimum absolute atomic E-state index is 0.00324. The summed E-state index contributed by atoms with van der Waals surface area (Å²) in [4.78, 5) is 33.9. The predicted molar refractivity (Wildman–Crippen MR) is 114 cm³/mol. The van der Waals surface area contributed by atoms with Crippen molar-refractivity contribution in [3.8, 4) is 0 Å². The van der Waals surface area contributed by atoms with Gasteiger partial charge in [-0.3, -0.25) is 9.59 Å². The lowest BCUT2D eigenvalue weighted by atomic mass is 9.72. The van der Waals surface area contributed by atoms with Crippen molar-refractivity contribution >= 4 is 39.6 Å². The highest BCUT2D eigenvalue weighted by Gasteiger charge is 2.36. The Morgan fingerprint density at radius 1 is 1.29 bits per heavy atom. The molecule has 2 aromatic rings. The van der Waals surface area contributed by atoms with Crippen molar-refractivity contribution in [2.24, 2.45) is 11.3 Å². The molecule has 7 heteroatoms. The maximum absolute atomic E-state index is 13.2. The summed E-state index contributed by atoms with van der Waals surface area (Å²) in [5.74, 6) is 0.527. The number of nitrogens with one attached hydrogen (secondary N) is 1. The molecule has 0 radical (unpaired) electrons. The fourth-order valence-electron chi connectivity index (χ4n) is 4.27. The normalized spacial score (nSPS) is 22.2. The van der Waals surface area contributed by atoms with E-state index in [1.54, 1.807) is 22.4 Å². The minimum atomic E-state index is -0.405. The Morgan fingerprint density at radius 2 is 2.11 bits per heavy atom. The largest absolute Gasteiger partial charge is 0.326 e. The smallest absolute Gasteiger partial charge is 0.264 e. The molecule has 2 aliphatic rings. The van der Waals surface area contributed by atoms with Gasteiger partial charge in [0.1, 0.15) is 6.04 Å². The number of hydrogen-bond donors (Lipinski definition) is 1. The predicted octanol–water partition coefficient (Wildman–Crippen LogP) is 4.60. The molecule has 1 fully saturated rings. The van der Waals surface area contributed by atoms with Gasteiger partial charge in [-0.1, -0.05) is 20.8 Å². The molecule has 0 spiro atoms. The summed E-state index contributed by atoms with van der Waals surface area (Å²) in [6.07, 6.45) is 6.53. The van der Waals surface area contributed by atoms with Crippen molar-refractivity contribution in [1.29, 1.82) is 0 Å². The zero-order valence-corrected chi connectivity index (χ0v) is 18.3. The first kappa shape index (κ1) is 19.6. The number of carbonyl (C=O) groups excluding carboxylic acids is 2. The zero-order chi connectivity index (χ0) is 19.9. The van der Waals surface area contributed by atoms with Gasteiger partial charge in [0.05, 0.1) is 4.88 Å². The molecule has 2 atom stereocenters. The van der Waals surface area contributed by atoms with Crippen molar-refractivity contribution < 1.29 is 9.59 Å². The Morgan fingerprint density at radius 3 is 2.82 bits per heavy atom. The van der Waals surface area contributed by atoms with Crippen LogP contribution in [-0.4, -0.2) is 34.3 Å². The fraction of sp³-hybridized carbons (Fsp3) is 0.571. The van der Waals surface area contributed by atoms with Crippen LogP contribution in [0.3, 0.4) is 0 Å². The molecule has 3 heterocycles. The second kappa shape index (κ2) is 7.59. The monoisotopic (exact) mass is 417 g/mol. The van der Waals surface area contributed by atoms with Crippen molar-refractivity contribution in [1.82, 2.24) is 9.88 Å². The van der Waals surface area contributed by atoms with Crippen LogP contribution in [0.5, 0.6) is 0 Å². The van der Waals surface area contributed by atoms with Gasteiger partial charge in [-0.15, -0.1) is 22.7 Å². The Bertz CT molecular complexity index is 867. The lowest BCUT2D eigenvalue weighted by Gasteiger charge is -2.33. The lowest BCUT2D eigenvalue weighted by molar-refractivity contribution is -0.119. The molecule has 1 aliphatic carbocycles. The van der Waals surface area contributed by atoms with E-state index in [2.05, 4.69) is 37.1 Å². The van der Waals surface area contributed by atoms with Crippen molar-refractivity contribution in [3.63, 3.8) is 0 Å². The number of hydrogen-bond acceptors (Lipinski definition) is 5. The first-order valence-corrected chi connectivity index (χ1v) is 11.7. The molecule has 0 aromatic carbocycles. The lowest BCUT2D eigenvalue weighted by Crippen LogP contribution is -2.42. The number of aromatic nitrogens is 1. The molecule has 0 bridgehead atoms. The third-order valence-electron chi connectivity index (χ3n) is 6.00. The summed E-state index contributed by atoms with van der Waals surface area (Å²) < 4.78 is 0. The van der Waals surface area contributed by atoms with Gasteiger partial charge in [-0.25, -0.2) is 4.98 Å². The minimum Gasteiger partial charge on any atom is -0.326 e. The molecule has 1 aliphatic heterocycles. The van der Waals surface area contributed by atoms with Crippen molar-refractivity contribution in [2.75, 3.05) is 11.9 Å². The molecule has 5 nitrogen and oxygen atoms in total. The van der Waals surface area contributed by atoms with Crippen molar-refractivity contribution in [2.45, 2.75) is 58.9 Å². The van der Waals surface area contributed by atoms with Crippen LogP contribution in [0, 0.1) is 11.3 Å². The van der Waals surface area contributed by atoms with Crippen molar-refractivity contribution in [3.05, 3.63) is 33.0 Å². The quantitative estimate of drug-likeness (QED) is 0.794. The van der Waals surface area contributed by atoms with Crippen LogP contribution in [0.1, 0.15) is 60.1 Å². The molecule has 0 saturated carbocycles. The average Bonchev–Trinajstić information content (AvgIpc) is 3.39. The van der Waals surface area contributed by atoms with Crippen LogP contribution < -0.4 is 5.32 Å². The summed E-state index contributed by atoms with van der Waals surface area (Å²) >= 11 is 3.02. The van der Waals surface area contributed by atoms with Crippen LogP contribution in [-0.2, 0) is 17.6 Å².